The Bertz CT molecular complexity index is 1840. The van der Waals surface area contributed by atoms with Crippen molar-refractivity contribution in [1.29, 1.82) is 0 Å². The Morgan fingerprint density at radius 1 is 0.514 bits per heavy atom. The van der Waals surface area contributed by atoms with E-state index in [1.54, 1.807) is 0 Å². The molecule has 0 aromatic heterocycles. The van der Waals surface area contributed by atoms with Crippen molar-refractivity contribution >= 4 is 43.7 Å². The summed E-state index contributed by atoms with van der Waals surface area (Å²) in [6.07, 6.45) is 0. The van der Waals surface area contributed by atoms with E-state index < -0.39 is 0 Å². The summed E-state index contributed by atoms with van der Waals surface area (Å²) >= 11 is 0. The lowest BCUT2D eigenvalue weighted by Gasteiger charge is -2.23. The highest BCUT2D eigenvalue weighted by Gasteiger charge is 2.36. The van der Waals surface area contributed by atoms with Gasteiger partial charge in [0.2, 0.25) is 0 Å². The lowest BCUT2D eigenvalue weighted by molar-refractivity contribution is 0.661. The standard InChI is InChI=1S/C36H31N/c1-22(2)23-13-15-24(16-14-23)37-25-17-18-30-33-20-31-28-11-7-5-9-26(28)27-10-6-8-12-29(27)32(31)21-35(33)36(3,4)34(30)19-25/h5-22,37H,1-4H3. The van der Waals surface area contributed by atoms with Gasteiger partial charge < -0.3 is 5.32 Å². The predicted molar refractivity (Wildman–Crippen MR) is 160 cm³/mol. The molecular formula is C36H31N. The molecule has 1 heteroatoms. The van der Waals surface area contributed by atoms with Crippen molar-refractivity contribution in [2.75, 3.05) is 5.32 Å². The van der Waals surface area contributed by atoms with Gasteiger partial charge in [-0.25, -0.2) is 0 Å². The summed E-state index contributed by atoms with van der Waals surface area (Å²) in [6, 6.07) is 38.3. The van der Waals surface area contributed by atoms with Crippen LogP contribution in [0.5, 0.6) is 0 Å². The Labute approximate surface area is 218 Å². The molecule has 0 amide bonds. The fourth-order valence-electron chi connectivity index (χ4n) is 6.33. The average molecular weight is 478 g/mol. The molecule has 0 aliphatic heterocycles. The van der Waals surface area contributed by atoms with Crippen LogP contribution in [0, 0.1) is 0 Å². The first-order valence-electron chi connectivity index (χ1n) is 13.3. The molecule has 0 fully saturated rings. The summed E-state index contributed by atoms with van der Waals surface area (Å²) in [5.74, 6) is 0.540. The Morgan fingerprint density at radius 2 is 1.03 bits per heavy atom. The first-order chi connectivity index (χ1) is 17.9. The molecule has 1 aliphatic rings. The van der Waals surface area contributed by atoms with E-state index in [1.807, 2.05) is 0 Å². The van der Waals surface area contributed by atoms with Crippen molar-refractivity contribution in [2.45, 2.75) is 39.0 Å². The van der Waals surface area contributed by atoms with Gasteiger partial charge in [0.25, 0.3) is 0 Å². The van der Waals surface area contributed by atoms with Gasteiger partial charge in [-0.15, -0.1) is 0 Å². The molecule has 6 aromatic rings. The summed E-state index contributed by atoms with van der Waals surface area (Å²) < 4.78 is 0. The average Bonchev–Trinajstić information content (AvgIpc) is 3.14. The maximum atomic E-state index is 3.65. The maximum absolute atomic E-state index is 3.65. The van der Waals surface area contributed by atoms with Crippen LogP contribution in [-0.2, 0) is 5.41 Å². The minimum absolute atomic E-state index is 0.0786. The molecule has 0 saturated heterocycles. The molecule has 6 aromatic carbocycles. The molecule has 0 radical (unpaired) electrons. The summed E-state index contributed by atoms with van der Waals surface area (Å²) in [7, 11) is 0. The zero-order valence-electron chi connectivity index (χ0n) is 21.9. The molecule has 1 nitrogen and oxygen atoms in total. The Morgan fingerprint density at radius 3 is 1.62 bits per heavy atom. The van der Waals surface area contributed by atoms with E-state index in [2.05, 4.69) is 136 Å². The van der Waals surface area contributed by atoms with Crippen molar-refractivity contribution in [3.05, 3.63) is 120 Å². The summed E-state index contributed by atoms with van der Waals surface area (Å²) in [4.78, 5) is 0. The van der Waals surface area contributed by atoms with Gasteiger partial charge in [-0.3, -0.25) is 0 Å². The number of rotatable bonds is 3. The lowest BCUT2D eigenvalue weighted by atomic mass is 9.81. The third-order valence-electron chi connectivity index (χ3n) is 8.40. The van der Waals surface area contributed by atoms with Gasteiger partial charge in [0.15, 0.2) is 0 Å². The van der Waals surface area contributed by atoms with Crippen LogP contribution < -0.4 is 5.32 Å². The normalized spacial score (nSPS) is 13.9. The minimum atomic E-state index is -0.0786. The molecule has 0 spiro atoms. The molecule has 1 aliphatic carbocycles. The summed E-state index contributed by atoms with van der Waals surface area (Å²) in [6.45, 7) is 9.21. The van der Waals surface area contributed by atoms with Gasteiger partial charge in [-0.2, -0.15) is 0 Å². The van der Waals surface area contributed by atoms with E-state index in [-0.39, 0.29) is 5.41 Å². The van der Waals surface area contributed by atoms with Gasteiger partial charge in [-0.05, 0) is 102 Å². The van der Waals surface area contributed by atoms with E-state index in [4.69, 9.17) is 0 Å². The van der Waals surface area contributed by atoms with Crippen LogP contribution in [0.2, 0.25) is 0 Å². The first-order valence-corrected chi connectivity index (χ1v) is 13.3. The topological polar surface area (TPSA) is 12.0 Å². The Balaban J connectivity index is 1.40. The third-order valence-corrected chi connectivity index (χ3v) is 8.40. The SMILES string of the molecule is CC(C)c1ccc(Nc2ccc3c(c2)C(C)(C)c2cc4c5ccccc5c5ccccc5c4cc2-3)cc1. The molecule has 7 rings (SSSR count). The minimum Gasteiger partial charge on any atom is -0.356 e. The van der Waals surface area contributed by atoms with Crippen molar-refractivity contribution in [1.82, 2.24) is 0 Å². The van der Waals surface area contributed by atoms with E-state index in [9.17, 15) is 0 Å². The molecule has 1 N–H and O–H groups in total. The van der Waals surface area contributed by atoms with Crippen LogP contribution in [0.4, 0.5) is 11.4 Å². The van der Waals surface area contributed by atoms with Crippen LogP contribution >= 0.6 is 0 Å². The highest BCUT2D eigenvalue weighted by Crippen LogP contribution is 2.52. The van der Waals surface area contributed by atoms with E-state index in [1.165, 1.54) is 60.1 Å². The number of benzene rings is 6. The zero-order chi connectivity index (χ0) is 25.3. The van der Waals surface area contributed by atoms with Gasteiger partial charge in [0, 0.05) is 16.8 Å². The van der Waals surface area contributed by atoms with Crippen molar-refractivity contribution in [2.24, 2.45) is 0 Å². The second-order valence-corrected chi connectivity index (χ2v) is 11.3. The molecule has 0 saturated carbocycles. The molecular weight excluding hydrogens is 446 g/mol. The van der Waals surface area contributed by atoms with Gasteiger partial charge in [0.05, 0.1) is 0 Å². The Kier molecular flexibility index (Phi) is 4.75. The van der Waals surface area contributed by atoms with Crippen LogP contribution in [0.3, 0.4) is 0 Å². The number of fused-ring (bicyclic) bond motifs is 9. The second kappa shape index (κ2) is 7.95. The highest BCUT2D eigenvalue weighted by molar-refractivity contribution is 6.26. The fourth-order valence-corrected chi connectivity index (χ4v) is 6.33. The molecule has 0 bridgehead atoms. The predicted octanol–water partition coefficient (Wildman–Crippen LogP) is 10.3. The summed E-state index contributed by atoms with van der Waals surface area (Å²) in [5.41, 5.74) is 9.05. The van der Waals surface area contributed by atoms with Crippen LogP contribution in [0.25, 0.3) is 43.4 Å². The van der Waals surface area contributed by atoms with E-state index >= 15 is 0 Å². The molecule has 0 atom stereocenters. The lowest BCUT2D eigenvalue weighted by Crippen LogP contribution is -2.15. The monoisotopic (exact) mass is 477 g/mol. The van der Waals surface area contributed by atoms with E-state index in [0.29, 0.717) is 5.92 Å². The molecule has 180 valence electrons. The van der Waals surface area contributed by atoms with Crippen LogP contribution in [0.1, 0.15) is 50.3 Å². The van der Waals surface area contributed by atoms with Gasteiger partial charge in [0.1, 0.15) is 0 Å². The fraction of sp³-hybridized carbons (Fsp3) is 0.167. The largest absolute Gasteiger partial charge is 0.356 e. The third kappa shape index (κ3) is 3.30. The quantitative estimate of drug-likeness (QED) is 0.250. The first kappa shape index (κ1) is 22.1. The highest BCUT2D eigenvalue weighted by atomic mass is 14.9. The Hall–Kier alpha value is -4.10. The van der Waals surface area contributed by atoms with Crippen molar-refractivity contribution in [3.8, 4) is 11.1 Å². The molecule has 37 heavy (non-hydrogen) atoms. The molecule has 0 heterocycles. The number of hydrogen-bond donors (Lipinski definition) is 1. The van der Waals surface area contributed by atoms with Crippen molar-refractivity contribution < 1.29 is 0 Å². The second-order valence-electron chi connectivity index (χ2n) is 11.3. The van der Waals surface area contributed by atoms with Crippen LogP contribution in [0.15, 0.2) is 103 Å². The van der Waals surface area contributed by atoms with Gasteiger partial charge in [-0.1, -0.05) is 94.4 Å². The number of anilines is 2. The van der Waals surface area contributed by atoms with E-state index in [0.717, 1.165) is 11.4 Å². The number of nitrogens with one attached hydrogen (secondary N) is 1. The smallest absolute Gasteiger partial charge is 0.0387 e. The number of hydrogen-bond acceptors (Lipinski definition) is 1. The maximum Gasteiger partial charge on any atom is 0.0387 e. The summed E-state index contributed by atoms with van der Waals surface area (Å²) in [5, 5.41) is 11.6. The van der Waals surface area contributed by atoms with Gasteiger partial charge >= 0.3 is 0 Å². The van der Waals surface area contributed by atoms with Crippen molar-refractivity contribution in [3.63, 3.8) is 0 Å². The van der Waals surface area contributed by atoms with Crippen LogP contribution in [-0.4, -0.2) is 0 Å². The zero-order valence-corrected chi connectivity index (χ0v) is 21.9. The molecule has 0 unspecified atom stereocenters.